The molecule has 1 heterocycles. The SMILES string of the molecule is C/C(=N\OC(=O)N(CCC1NCCC1=S)C1CCCC1)[C@H]1CC[C@H]2[C@@H]3CCC4=CC(=O)CC[C@]4(C)[C@H]3CC[C@]12C. The number of rotatable bonds is 6. The zero-order valence-corrected chi connectivity index (χ0v) is 25.7. The van der Waals surface area contributed by atoms with Crippen LogP contribution in [0, 0.1) is 34.5 Å². The van der Waals surface area contributed by atoms with Gasteiger partial charge in [-0.15, -0.1) is 0 Å². The topological polar surface area (TPSA) is 71.0 Å². The van der Waals surface area contributed by atoms with Crippen LogP contribution in [0.4, 0.5) is 4.79 Å². The summed E-state index contributed by atoms with van der Waals surface area (Å²) in [5.41, 5.74) is 2.84. The van der Waals surface area contributed by atoms with E-state index in [2.05, 4.69) is 31.2 Å². The molecule has 40 heavy (non-hydrogen) atoms. The van der Waals surface area contributed by atoms with E-state index in [1.54, 1.807) is 0 Å². The standard InChI is InChI=1S/C33H49N3O3S/c1-21(35-39-31(38)36(23-6-4-5-7-23)19-15-29-30(40)14-18-34-29)26-10-11-27-25-9-8-22-20-24(37)12-16-32(22,2)28(25)13-17-33(26,27)3/h20,23,25-29,34H,4-19H2,1-3H3/b35-21+/t25-,26+,27-,28-,29?,32-,33+/m0/s1. The molecule has 1 unspecified atom stereocenters. The van der Waals surface area contributed by atoms with Crippen molar-refractivity contribution in [1.29, 1.82) is 0 Å². The second-order valence-corrected chi connectivity index (χ2v) is 14.9. The lowest BCUT2D eigenvalue weighted by molar-refractivity contribution is -0.117. The highest BCUT2D eigenvalue weighted by Gasteiger charge is 2.59. The maximum absolute atomic E-state index is 13.4. The molecule has 7 heteroatoms. The molecule has 1 saturated heterocycles. The van der Waals surface area contributed by atoms with Crippen molar-refractivity contribution < 1.29 is 14.4 Å². The lowest BCUT2D eigenvalue weighted by Crippen LogP contribution is -2.51. The van der Waals surface area contributed by atoms with Gasteiger partial charge in [-0.3, -0.25) is 9.63 Å². The lowest BCUT2D eigenvalue weighted by atomic mass is 9.46. The average molecular weight is 568 g/mol. The zero-order chi connectivity index (χ0) is 28.1. The number of thiocarbonyl (C=S) groups is 1. The molecule has 0 bridgehead atoms. The number of allylic oxidation sites excluding steroid dienone is 1. The fourth-order valence-corrected chi connectivity index (χ4v) is 10.6. The molecule has 6 nitrogen and oxygen atoms in total. The quantitative estimate of drug-likeness (QED) is 0.162. The van der Waals surface area contributed by atoms with Gasteiger partial charge in [-0.25, -0.2) is 4.79 Å². The number of nitrogens with zero attached hydrogens (tertiary/aromatic N) is 2. The Morgan fingerprint density at radius 3 is 2.62 bits per heavy atom. The first-order chi connectivity index (χ1) is 19.2. The number of nitrogens with one attached hydrogen (secondary N) is 1. The van der Waals surface area contributed by atoms with Crippen LogP contribution in [0.25, 0.3) is 0 Å². The summed E-state index contributed by atoms with van der Waals surface area (Å²) >= 11 is 5.54. The molecule has 6 rings (SSSR count). The minimum atomic E-state index is -0.287. The van der Waals surface area contributed by atoms with E-state index >= 15 is 0 Å². The molecule has 5 fully saturated rings. The second kappa shape index (κ2) is 11.2. The average Bonchev–Trinajstić information content (AvgIpc) is 3.68. The highest BCUT2D eigenvalue weighted by atomic mass is 32.1. The van der Waals surface area contributed by atoms with Crippen LogP contribution in [0.1, 0.15) is 111 Å². The Morgan fingerprint density at radius 2 is 1.88 bits per heavy atom. The van der Waals surface area contributed by atoms with Crippen LogP contribution in [0.3, 0.4) is 0 Å². The fourth-order valence-electron chi connectivity index (χ4n) is 10.3. The van der Waals surface area contributed by atoms with Crippen LogP contribution in [-0.4, -0.2) is 52.5 Å². The third-order valence-electron chi connectivity index (χ3n) is 12.5. The molecule has 0 aromatic rings. The Balaban J connectivity index is 1.12. The van der Waals surface area contributed by atoms with E-state index in [9.17, 15) is 9.59 Å². The monoisotopic (exact) mass is 567 g/mol. The minimum Gasteiger partial charge on any atom is -0.309 e. The summed E-state index contributed by atoms with van der Waals surface area (Å²) < 4.78 is 0. The van der Waals surface area contributed by atoms with Gasteiger partial charge < -0.3 is 10.2 Å². The number of hydrogen-bond acceptors (Lipinski definition) is 6. The van der Waals surface area contributed by atoms with Gasteiger partial charge >= 0.3 is 6.09 Å². The van der Waals surface area contributed by atoms with Crippen molar-refractivity contribution in [1.82, 2.24) is 10.2 Å². The van der Waals surface area contributed by atoms with Crippen LogP contribution in [0.15, 0.2) is 16.8 Å². The maximum Gasteiger partial charge on any atom is 0.436 e. The van der Waals surface area contributed by atoms with E-state index < -0.39 is 0 Å². The normalized spacial score (nSPS) is 39.9. The molecule has 1 aliphatic heterocycles. The number of fused-ring (bicyclic) bond motifs is 5. The molecule has 6 aliphatic rings. The van der Waals surface area contributed by atoms with Crippen LogP contribution in [0.2, 0.25) is 0 Å². The molecule has 4 saturated carbocycles. The van der Waals surface area contributed by atoms with E-state index in [-0.39, 0.29) is 29.0 Å². The number of hydrogen-bond donors (Lipinski definition) is 1. The summed E-state index contributed by atoms with van der Waals surface area (Å²) in [5.74, 6) is 2.80. The van der Waals surface area contributed by atoms with Crippen molar-refractivity contribution in [2.24, 2.45) is 39.7 Å². The molecule has 1 amide bonds. The Hall–Kier alpha value is -1.60. The molecule has 0 aromatic heterocycles. The number of ketones is 1. The fraction of sp³-hybridized carbons (Fsp3) is 0.818. The first kappa shape index (κ1) is 28.5. The van der Waals surface area contributed by atoms with Crippen molar-refractivity contribution in [3.8, 4) is 0 Å². The van der Waals surface area contributed by atoms with Gasteiger partial charge in [0.1, 0.15) is 0 Å². The molecule has 5 aliphatic carbocycles. The van der Waals surface area contributed by atoms with E-state index in [1.807, 2.05) is 11.0 Å². The Bertz CT molecular complexity index is 1100. The minimum absolute atomic E-state index is 0.205. The molecule has 0 radical (unpaired) electrons. The third kappa shape index (κ3) is 5.01. The van der Waals surface area contributed by atoms with Gasteiger partial charge in [0, 0.05) is 42.4 Å². The van der Waals surface area contributed by atoms with Crippen molar-refractivity contribution in [2.75, 3.05) is 13.1 Å². The Kier molecular flexibility index (Phi) is 8.01. The molecule has 7 atom stereocenters. The molecule has 0 spiro atoms. The van der Waals surface area contributed by atoms with Gasteiger partial charge in [0.25, 0.3) is 0 Å². The largest absolute Gasteiger partial charge is 0.436 e. The number of carbonyl (C=O) groups excluding carboxylic acids is 2. The summed E-state index contributed by atoms with van der Waals surface area (Å²) in [5, 5.41) is 8.04. The highest BCUT2D eigenvalue weighted by molar-refractivity contribution is 7.80. The summed E-state index contributed by atoms with van der Waals surface area (Å²) in [6.45, 7) is 8.65. The van der Waals surface area contributed by atoms with Gasteiger partial charge in [-0.2, -0.15) is 0 Å². The van der Waals surface area contributed by atoms with Crippen molar-refractivity contribution >= 4 is 34.7 Å². The summed E-state index contributed by atoms with van der Waals surface area (Å²) in [6, 6.07) is 0.480. The lowest BCUT2D eigenvalue weighted by Gasteiger charge is -2.58. The van der Waals surface area contributed by atoms with Gasteiger partial charge in [0.15, 0.2) is 5.78 Å². The van der Waals surface area contributed by atoms with E-state index in [4.69, 9.17) is 17.1 Å². The van der Waals surface area contributed by atoms with Gasteiger partial charge in [0.2, 0.25) is 0 Å². The maximum atomic E-state index is 13.4. The molecule has 220 valence electrons. The summed E-state index contributed by atoms with van der Waals surface area (Å²) in [6.07, 6.45) is 16.8. The van der Waals surface area contributed by atoms with E-state index in [0.717, 1.165) is 68.0 Å². The molecular weight excluding hydrogens is 518 g/mol. The number of carbonyl (C=O) groups is 2. The van der Waals surface area contributed by atoms with Gasteiger partial charge in [0.05, 0.1) is 5.71 Å². The van der Waals surface area contributed by atoms with Crippen LogP contribution >= 0.6 is 12.2 Å². The smallest absolute Gasteiger partial charge is 0.309 e. The van der Waals surface area contributed by atoms with Gasteiger partial charge in [-0.1, -0.05) is 49.6 Å². The van der Waals surface area contributed by atoms with Crippen molar-refractivity contribution in [3.05, 3.63) is 11.6 Å². The number of oxime groups is 1. The van der Waals surface area contributed by atoms with E-state index in [0.29, 0.717) is 36.5 Å². The van der Waals surface area contributed by atoms with E-state index in [1.165, 1.54) is 44.1 Å². The first-order valence-corrected chi connectivity index (χ1v) is 16.6. The van der Waals surface area contributed by atoms with Crippen molar-refractivity contribution in [3.63, 3.8) is 0 Å². The zero-order valence-electron chi connectivity index (χ0n) is 24.9. The molecule has 1 N–H and O–H groups in total. The predicted molar refractivity (Wildman–Crippen MR) is 162 cm³/mol. The first-order valence-electron chi connectivity index (χ1n) is 16.2. The Morgan fingerprint density at radius 1 is 1.07 bits per heavy atom. The predicted octanol–water partition coefficient (Wildman–Crippen LogP) is 7.01. The summed E-state index contributed by atoms with van der Waals surface area (Å²) in [7, 11) is 0. The van der Waals surface area contributed by atoms with Crippen LogP contribution < -0.4 is 5.32 Å². The molecule has 0 aromatic carbocycles. The Labute approximate surface area is 246 Å². The van der Waals surface area contributed by atoms with Crippen LogP contribution in [-0.2, 0) is 9.63 Å². The second-order valence-electron chi connectivity index (χ2n) is 14.4. The number of amides is 1. The van der Waals surface area contributed by atoms with Crippen molar-refractivity contribution in [2.45, 2.75) is 123 Å². The van der Waals surface area contributed by atoms with Crippen LogP contribution in [0.5, 0.6) is 0 Å². The summed E-state index contributed by atoms with van der Waals surface area (Å²) in [4.78, 5) is 34.3. The third-order valence-corrected chi connectivity index (χ3v) is 13.0. The highest BCUT2D eigenvalue weighted by Crippen LogP contribution is 2.66. The van der Waals surface area contributed by atoms with Gasteiger partial charge in [-0.05, 0) is 112 Å². The molecular formula is C33H49N3O3S.